The van der Waals surface area contributed by atoms with E-state index in [1.807, 2.05) is 0 Å². The smallest absolute Gasteiger partial charge is 1.00 e. The molecule has 1 N–H and O–H groups in total. The van der Waals surface area contributed by atoms with Crippen LogP contribution in [0.5, 0.6) is 0 Å². The molecule has 0 heterocycles. The van der Waals surface area contributed by atoms with E-state index in [-0.39, 0.29) is 49.9 Å². The van der Waals surface area contributed by atoms with Gasteiger partial charge in [-0.1, -0.05) is 26.2 Å². The average Bonchev–Trinajstić information content (AvgIpc) is 1.69. The quantitative estimate of drug-likeness (QED) is 0.463. The zero-order valence-electron chi connectivity index (χ0n) is 8.10. The Balaban J connectivity index is -0.0000000300. The molecule has 0 aromatic heterocycles. The van der Waals surface area contributed by atoms with E-state index in [4.69, 9.17) is 5.11 Å². The molecule has 0 aliphatic heterocycles. The van der Waals surface area contributed by atoms with Crippen LogP contribution in [0.4, 0.5) is 0 Å². The summed E-state index contributed by atoms with van der Waals surface area (Å²) in [6, 6.07) is 0. The summed E-state index contributed by atoms with van der Waals surface area (Å²) in [5, 5.41) is 8.29. The predicted octanol–water partition coefficient (Wildman–Crippen LogP) is 2.02. The fourth-order valence-corrected chi connectivity index (χ4v) is 0.539. The molecule has 0 radical (unpaired) electrons. The Kier molecular flexibility index (Phi) is 30.3. The Bertz CT molecular complexity index is 39.8. The van der Waals surface area contributed by atoms with Crippen molar-refractivity contribution in [2.75, 3.05) is 6.61 Å². The van der Waals surface area contributed by atoms with Crippen molar-refractivity contribution in [2.24, 2.45) is 0 Å². The Labute approximate surface area is 93.7 Å². The summed E-state index contributed by atoms with van der Waals surface area (Å²) in [7, 11) is 0. The molecule has 0 atom stereocenters. The minimum absolute atomic E-state index is 0. The van der Waals surface area contributed by atoms with Crippen LogP contribution in [0.3, 0.4) is 0 Å². The Morgan fingerprint density at radius 3 is 2.11 bits per heavy atom. The summed E-state index contributed by atoms with van der Waals surface area (Å²) in [5.41, 5.74) is 0. The van der Waals surface area contributed by atoms with Crippen LogP contribution < -0.4 is 0 Å². The number of hydrogen-bond acceptors (Lipinski definition) is 1. The average molecular weight is 256 g/mol. The molecule has 0 rings (SSSR count). The fraction of sp³-hybridized carbons (Fsp3) is 1.00. The van der Waals surface area contributed by atoms with Crippen LogP contribution >= 0.6 is 24.0 Å². The fourth-order valence-electron chi connectivity index (χ4n) is 0.539. The molecule has 0 bridgehead atoms. The molecular formula is C6H17IMgO. The van der Waals surface area contributed by atoms with Crippen molar-refractivity contribution >= 4 is 47.0 Å². The Morgan fingerprint density at radius 2 is 1.78 bits per heavy atom. The summed E-state index contributed by atoms with van der Waals surface area (Å²) in [4.78, 5) is 0. The molecule has 1 nitrogen and oxygen atoms in total. The van der Waals surface area contributed by atoms with Crippen LogP contribution in [0.2, 0.25) is 0 Å². The first-order valence-corrected chi connectivity index (χ1v) is 3.02. The van der Waals surface area contributed by atoms with Gasteiger partial charge in [0.2, 0.25) is 0 Å². The largest absolute Gasteiger partial charge is 2.00 e. The van der Waals surface area contributed by atoms with Crippen molar-refractivity contribution in [3.63, 3.8) is 0 Å². The van der Waals surface area contributed by atoms with Gasteiger partial charge >= 0.3 is 23.1 Å². The molecule has 9 heavy (non-hydrogen) atoms. The van der Waals surface area contributed by atoms with Crippen LogP contribution in [0, 0.1) is 0 Å². The number of unbranched alkanes of at least 4 members (excludes halogenated alkanes) is 3. The first-order valence-electron chi connectivity index (χ1n) is 3.02. The van der Waals surface area contributed by atoms with Gasteiger partial charge in [0, 0.05) is 6.61 Å². The first-order chi connectivity index (χ1) is 3.41. The molecular weight excluding hydrogens is 239 g/mol. The minimum atomic E-state index is 0. The third kappa shape index (κ3) is 17.7. The molecule has 0 aliphatic carbocycles. The topological polar surface area (TPSA) is 20.2 Å². The van der Waals surface area contributed by atoms with Gasteiger partial charge in [-0.2, -0.15) is 0 Å². The van der Waals surface area contributed by atoms with Crippen LogP contribution in [0.15, 0.2) is 0 Å². The van der Waals surface area contributed by atoms with Crippen LogP contribution in [-0.2, 0) is 0 Å². The van der Waals surface area contributed by atoms with Gasteiger partial charge in [0.15, 0.2) is 0 Å². The van der Waals surface area contributed by atoms with Gasteiger partial charge in [0.25, 0.3) is 0 Å². The van der Waals surface area contributed by atoms with E-state index in [1.54, 1.807) is 0 Å². The van der Waals surface area contributed by atoms with Gasteiger partial charge in [0.05, 0.1) is 0 Å². The first kappa shape index (κ1) is 16.8. The zero-order chi connectivity index (χ0) is 5.54. The van der Waals surface area contributed by atoms with Gasteiger partial charge in [-0.05, 0) is 6.42 Å². The van der Waals surface area contributed by atoms with Crippen molar-refractivity contribution in [1.82, 2.24) is 0 Å². The molecule has 0 aromatic carbocycles. The monoisotopic (exact) mass is 256 g/mol. The molecule has 0 fully saturated rings. The Morgan fingerprint density at radius 1 is 1.22 bits per heavy atom. The zero-order valence-corrected chi connectivity index (χ0v) is 9.84. The van der Waals surface area contributed by atoms with Gasteiger partial charge in [0.1, 0.15) is 0 Å². The molecule has 0 saturated heterocycles. The SMILES string of the molecule is CCCCCCO.I.[H-].[H-].[Mg+2]. The van der Waals surface area contributed by atoms with Crippen LogP contribution in [-0.4, -0.2) is 34.8 Å². The van der Waals surface area contributed by atoms with E-state index in [2.05, 4.69) is 6.92 Å². The molecule has 56 valence electrons. The second-order valence-electron chi connectivity index (χ2n) is 1.78. The molecule has 0 aromatic rings. The molecule has 3 heteroatoms. The summed E-state index contributed by atoms with van der Waals surface area (Å²) in [6.45, 7) is 2.53. The van der Waals surface area contributed by atoms with Crippen molar-refractivity contribution in [1.29, 1.82) is 0 Å². The molecule has 0 amide bonds. The van der Waals surface area contributed by atoms with Crippen molar-refractivity contribution < 1.29 is 7.96 Å². The van der Waals surface area contributed by atoms with Crippen LogP contribution in [0.1, 0.15) is 35.5 Å². The van der Waals surface area contributed by atoms with E-state index in [1.165, 1.54) is 19.3 Å². The summed E-state index contributed by atoms with van der Waals surface area (Å²) >= 11 is 0. The molecule has 0 aliphatic rings. The molecule has 0 unspecified atom stereocenters. The van der Waals surface area contributed by atoms with Crippen LogP contribution in [0.25, 0.3) is 0 Å². The number of aliphatic hydroxyl groups excluding tert-OH is 1. The van der Waals surface area contributed by atoms with Gasteiger partial charge in [-0.25, -0.2) is 0 Å². The second kappa shape index (κ2) is 16.2. The molecule has 0 spiro atoms. The summed E-state index contributed by atoms with van der Waals surface area (Å²) in [5.74, 6) is 0. The van der Waals surface area contributed by atoms with E-state index in [9.17, 15) is 0 Å². The van der Waals surface area contributed by atoms with E-state index < -0.39 is 0 Å². The third-order valence-corrected chi connectivity index (χ3v) is 1.01. The van der Waals surface area contributed by atoms with Crippen molar-refractivity contribution in [3.05, 3.63) is 0 Å². The minimum Gasteiger partial charge on any atom is -1.00 e. The van der Waals surface area contributed by atoms with Gasteiger partial charge in [-0.3, -0.25) is 0 Å². The number of hydrogen-bond donors (Lipinski definition) is 1. The number of rotatable bonds is 4. The molecule has 0 saturated carbocycles. The van der Waals surface area contributed by atoms with Gasteiger partial charge in [-0.15, -0.1) is 24.0 Å². The summed E-state index contributed by atoms with van der Waals surface area (Å²) in [6.07, 6.45) is 4.68. The summed E-state index contributed by atoms with van der Waals surface area (Å²) < 4.78 is 0. The number of halogens is 1. The normalized spacial score (nSPS) is 7.33. The second-order valence-corrected chi connectivity index (χ2v) is 1.78. The van der Waals surface area contributed by atoms with Gasteiger partial charge < -0.3 is 7.96 Å². The predicted molar refractivity (Wildman–Crippen MR) is 54.6 cm³/mol. The van der Waals surface area contributed by atoms with Crippen molar-refractivity contribution in [2.45, 2.75) is 32.6 Å². The Hall–Kier alpha value is 1.46. The standard InChI is InChI=1S/C6H14O.HI.Mg.2H/c1-2-3-4-5-6-7;;;;/h7H,2-6H2,1H3;1H;;;/q;;+2;2*-1. The van der Waals surface area contributed by atoms with E-state index in [0.717, 1.165) is 6.42 Å². The maximum atomic E-state index is 8.29. The van der Waals surface area contributed by atoms with E-state index >= 15 is 0 Å². The maximum absolute atomic E-state index is 8.29. The van der Waals surface area contributed by atoms with Crippen molar-refractivity contribution in [3.8, 4) is 0 Å². The number of aliphatic hydroxyl groups is 1. The maximum Gasteiger partial charge on any atom is 2.00 e. The van der Waals surface area contributed by atoms with E-state index in [0.29, 0.717) is 6.61 Å². The third-order valence-electron chi connectivity index (χ3n) is 1.01.